The standard InChI is InChI=1S/C16H24F3N5O/c1-4-12(16(17,18)19)21-15-23-13(10-6-5-7-11(25)8-10)22-14(24-15)20-9(2)3/h8-9,11-12,25H,4-7H2,1-3H3,(H2,20,21,22,23,24)/t11-,12-/m1/s1. The lowest BCUT2D eigenvalue weighted by molar-refractivity contribution is -0.143. The Bertz CT molecular complexity index is 618. The van der Waals surface area contributed by atoms with Gasteiger partial charge in [-0.25, -0.2) is 0 Å². The van der Waals surface area contributed by atoms with Gasteiger partial charge in [-0.3, -0.25) is 0 Å². The van der Waals surface area contributed by atoms with Crippen LogP contribution < -0.4 is 10.6 Å². The number of aliphatic hydroxyl groups excluding tert-OH is 1. The maximum Gasteiger partial charge on any atom is 0.408 e. The van der Waals surface area contributed by atoms with Crippen LogP contribution in [-0.4, -0.2) is 44.4 Å². The number of allylic oxidation sites excluding steroid dienone is 1. The third-order valence-electron chi connectivity index (χ3n) is 3.79. The van der Waals surface area contributed by atoms with Gasteiger partial charge in [-0.15, -0.1) is 0 Å². The second kappa shape index (κ2) is 7.99. The molecular weight excluding hydrogens is 335 g/mol. The van der Waals surface area contributed by atoms with Crippen molar-refractivity contribution in [2.24, 2.45) is 0 Å². The summed E-state index contributed by atoms with van der Waals surface area (Å²) in [7, 11) is 0. The van der Waals surface area contributed by atoms with Crippen LogP contribution in [0.25, 0.3) is 5.57 Å². The Hall–Kier alpha value is -1.90. The van der Waals surface area contributed by atoms with Crippen molar-refractivity contribution in [1.29, 1.82) is 0 Å². The first kappa shape index (κ1) is 19.4. The molecule has 2 atom stereocenters. The van der Waals surface area contributed by atoms with Gasteiger partial charge in [-0.2, -0.15) is 28.1 Å². The summed E-state index contributed by atoms with van der Waals surface area (Å²) < 4.78 is 39.1. The van der Waals surface area contributed by atoms with Gasteiger partial charge >= 0.3 is 6.18 Å². The summed E-state index contributed by atoms with van der Waals surface area (Å²) in [4.78, 5) is 12.5. The molecule has 140 valence electrons. The molecule has 1 aromatic rings. The molecule has 0 fully saturated rings. The molecule has 0 bridgehead atoms. The predicted octanol–water partition coefficient (Wildman–Crippen LogP) is 3.37. The topological polar surface area (TPSA) is 83.0 Å². The van der Waals surface area contributed by atoms with Crippen molar-refractivity contribution in [3.63, 3.8) is 0 Å². The lowest BCUT2D eigenvalue weighted by atomic mass is 9.97. The average molecular weight is 359 g/mol. The quantitative estimate of drug-likeness (QED) is 0.722. The normalized spacial score (nSPS) is 19.5. The van der Waals surface area contributed by atoms with Crippen LogP contribution in [0.15, 0.2) is 6.08 Å². The number of hydrogen-bond donors (Lipinski definition) is 3. The van der Waals surface area contributed by atoms with E-state index in [1.165, 1.54) is 6.92 Å². The minimum Gasteiger partial charge on any atom is -0.389 e. The average Bonchev–Trinajstić information content (AvgIpc) is 2.50. The molecule has 0 unspecified atom stereocenters. The fourth-order valence-corrected chi connectivity index (χ4v) is 2.56. The van der Waals surface area contributed by atoms with Crippen LogP contribution in [0.5, 0.6) is 0 Å². The predicted molar refractivity (Wildman–Crippen MR) is 90.2 cm³/mol. The van der Waals surface area contributed by atoms with Crippen molar-refractivity contribution < 1.29 is 18.3 Å². The van der Waals surface area contributed by atoms with E-state index in [-0.39, 0.29) is 30.2 Å². The van der Waals surface area contributed by atoms with Crippen LogP contribution in [0.1, 0.15) is 52.3 Å². The highest BCUT2D eigenvalue weighted by molar-refractivity contribution is 5.63. The molecule has 1 aromatic heterocycles. The van der Waals surface area contributed by atoms with Crippen molar-refractivity contribution in [1.82, 2.24) is 15.0 Å². The lowest BCUT2D eigenvalue weighted by Crippen LogP contribution is -2.36. The Kier molecular flexibility index (Phi) is 6.21. The van der Waals surface area contributed by atoms with E-state index in [0.717, 1.165) is 12.0 Å². The van der Waals surface area contributed by atoms with E-state index in [1.807, 2.05) is 13.8 Å². The third-order valence-corrected chi connectivity index (χ3v) is 3.79. The first-order chi connectivity index (χ1) is 11.7. The van der Waals surface area contributed by atoms with Gasteiger partial charge in [0, 0.05) is 6.04 Å². The second-order valence-corrected chi connectivity index (χ2v) is 6.40. The number of aliphatic hydroxyl groups is 1. The lowest BCUT2D eigenvalue weighted by Gasteiger charge is -2.21. The first-order valence-electron chi connectivity index (χ1n) is 8.44. The van der Waals surface area contributed by atoms with E-state index < -0.39 is 18.3 Å². The van der Waals surface area contributed by atoms with Crippen LogP contribution >= 0.6 is 0 Å². The molecule has 1 aliphatic rings. The SMILES string of the molecule is CC[C@@H](Nc1nc(NC(C)C)nc(C2=C[C@H](O)CCC2)n1)C(F)(F)F. The number of hydrogen-bond acceptors (Lipinski definition) is 6. The van der Waals surface area contributed by atoms with E-state index in [9.17, 15) is 18.3 Å². The number of nitrogens with zero attached hydrogens (tertiary/aromatic N) is 3. The van der Waals surface area contributed by atoms with E-state index in [0.29, 0.717) is 12.8 Å². The maximum absolute atomic E-state index is 13.0. The Balaban J connectivity index is 2.36. The molecule has 0 saturated heterocycles. The number of halogens is 3. The van der Waals surface area contributed by atoms with Gasteiger partial charge < -0.3 is 15.7 Å². The molecular formula is C16H24F3N5O. The number of nitrogens with one attached hydrogen (secondary N) is 2. The summed E-state index contributed by atoms with van der Waals surface area (Å²) >= 11 is 0. The number of anilines is 2. The number of rotatable bonds is 6. The molecule has 2 rings (SSSR count). The second-order valence-electron chi connectivity index (χ2n) is 6.40. The zero-order valence-electron chi connectivity index (χ0n) is 14.6. The highest BCUT2D eigenvalue weighted by Gasteiger charge is 2.38. The van der Waals surface area contributed by atoms with E-state index in [2.05, 4.69) is 25.6 Å². The Morgan fingerprint density at radius 3 is 2.36 bits per heavy atom. The first-order valence-corrected chi connectivity index (χ1v) is 8.44. The fraction of sp³-hybridized carbons (Fsp3) is 0.688. The van der Waals surface area contributed by atoms with Crippen LogP contribution in [0.4, 0.5) is 25.1 Å². The Morgan fingerprint density at radius 2 is 1.84 bits per heavy atom. The smallest absolute Gasteiger partial charge is 0.389 e. The van der Waals surface area contributed by atoms with Gasteiger partial charge in [0.2, 0.25) is 11.9 Å². The number of alkyl halides is 3. The molecule has 0 aliphatic heterocycles. The van der Waals surface area contributed by atoms with Gasteiger partial charge in [0.05, 0.1) is 6.10 Å². The van der Waals surface area contributed by atoms with Crippen LogP contribution in [0, 0.1) is 0 Å². The van der Waals surface area contributed by atoms with Crippen molar-refractivity contribution >= 4 is 17.5 Å². The Labute approximate surface area is 145 Å². The van der Waals surface area contributed by atoms with Gasteiger partial charge in [0.1, 0.15) is 6.04 Å². The summed E-state index contributed by atoms with van der Waals surface area (Å²) in [5.41, 5.74) is 0.719. The summed E-state index contributed by atoms with van der Waals surface area (Å²) in [6.45, 7) is 5.20. The van der Waals surface area contributed by atoms with Crippen molar-refractivity contribution in [2.75, 3.05) is 10.6 Å². The summed E-state index contributed by atoms with van der Waals surface area (Å²) in [5.74, 6) is 0.371. The molecule has 6 nitrogen and oxygen atoms in total. The van der Waals surface area contributed by atoms with Gasteiger partial charge in [0.15, 0.2) is 5.82 Å². The molecule has 9 heteroatoms. The minimum atomic E-state index is -4.40. The van der Waals surface area contributed by atoms with Crippen LogP contribution in [-0.2, 0) is 0 Å². The molecule has 3 N–H and O–H groups in total. The highest BCUT2D eigenvalue weighted by atomic mass is 19.4. The highest BCUT2D eigenvalue weighted by Crippen LogP contribution is 2.28. The summed E-state index contributed by atoms with van der Waals surface area (Å²) in [6, 6.07) is -1.72. The van der Waals surface area contributed by atoms with Crippen molar-refractivity contribution in [2.45, 2.75) is 70.8 Å². The van der Waals surface area contributed by atoms with E-state index in [4.69, 9.17) is 0 Å². The molecule has 0 saturated carbocycles. The van der Waals surface area contributed by atoms with E-state index >= 15 is 0 Å². The molecule has 0 spiro atoms. The molecule has 25 heavy (non-hydrogen) atoms. The Morgan fingerprint density at radius 1 is 1.20 bits per heavy atom. The summed E-state index contributed by atoms with van der Waals surface area (Å²) in [5, 5.41) is 15.1. The van der Waals surface area contributed by atoms with Gasteiger partial charge in [-0.1, -0.05) is 6.92 Å². The maximum atomic E-state index is 13.0. The molecule has 1 heterocycles. The van der Waals surface area contributed by atoms with Crippen molar-refractivity contribution in [3.8, 4) is 0 Å². The third kappa shape index (κ3) is 5.55. The minimum absolute atomic E-state index is 0.0126. The zero-order chi connectivity index (χ0) is 18.6. The molecule has 0 aromatic carbocycles. The fourth-order valence-electron chi connectivity index (χ4n) is 2.56. The molecule has 0 radical (unpaired) electrons. The molecule has 0 amide bonds. The van der Waals surface area contributed by atoms with Gasteiger partial charge in [0.25, 0.3) is 0 Å². The van der Waals surface area contributed by atoms with Crippen molar-refractivity contribution in [3.05, 3.63) is 11.9 Å². The largest absolute Gasteiger partial charge is 0.408 e. The van der Waals surface area contributed by atoms with Gasteiger partial charge in [-0.05, 0) is 51.2 Å². The van der Waals surface area contributed by atoms with Crippen LogP contribution in [0.3, 0.4) is 0 Å². The van der Waals surface area contributed by atoms with Crippen LogP contribution in [0.2, 0.25) is 0 Å². The van der Waals surface area contributed by atoms with E-state index in [1.54, 1.807) is 6.08 Å². The monoisotopic (exact) mass is 359 g/mol. The zero-order valence-corrected chi connectivity index (χ0v) is 14.6. The summed E-state index contributed by atoms with van der Waals surface area (Å²) in [6.07, 6.45) is -1.37. The number of aromatic nitrogens is 3. The molecule has 1 aliphatic carbocycles.